The highest BCUT2D eigenvalue weighted by atomic mass is 16.4. The molecule has 0 aliphatic carbocycles. The largest absolute Gasteiger partial charge is 0.477 e. The molecular weight excluding hydrogens is 246 g/mol. The number of pyridine rings is 1. The van der Waals surface area contributed by atoms with Crippen LogP contribution in [-0.4, -0.2) is 35.1 Å². The highest BCUT2D eigenvalue weighted by Gasteiger charge is 2.05. The first kappa shape index (κ1) is 15.1. The van der Waals surface area contributed by atoms with Crippen LogP contribution in [0.2, 0.25) is 0 Å². The van der Waals surface area contributed by atoms with Crippen LogP contribution in [-0.2, 0) is 11.3 Å². The van der Waals surface area contributed by atoms with E-state index in [1.165, 1.54) is 6.07 Å². The molecule has 0 aliphatic rings. The fourth-order valence-electron chi connectivity index (χ4n) is 1.47. The summed E-state index contributed by atoms with van der Waals surface area (Å²) < 4.78 is 0. The molecular formula is C13H19N3O3. The lowest BCUT2D eigenvalue weighted by Crippen LogP contribution is -2.28. The second-order valence-electron chi connectivity index (χ2n) is 4.10. The van der Waals surface area contributed by atoms with Crippen LogP contribution in [0.5, 0.6) is 0 Å². The zero-order valence-electron chi connectivity index (χ0n) is 11.0. The van der Waals surface area contributed by atoms with Crippen LogP contribution < -0.4 is 10.6 Å². The summed E-state index contributed by atoms with van der Waals surface area (Å²) in [6, 6.07) is 4.85. The van der Waals surface area contributed by atoms with E-state index in [0.29, 0.717) is 31.7 Å². The number of amides is 1. The molecule has 0 bridgehead atoms. The molecule has 0 aliphatic heterocycles. The maximum atomic E-state index is 11.3. The molecule has 0 fully saturated rings. The van der Waals surface area contributed by atoms with Gasteiger partial charge in [0.25, 0.3) is 0 Å². The van der Waals surface area contributed by atoms with Gasteiger partial charge in [0.15, 0.2) is 0 Å². The minimum Gasteiger partial charge on any atom is -0.477 e. The number of carboxylic acid groups (broad SMARTS) is 1. The lowest BCUT2D eigenvalue weighted by Gasteiger charge is -2.05. The number of carboxylic acids is 1. The van der Waals surface area contributed by atoms with Gasteiger partial charge in [0, 0.05) is 26.1 Å². The maximum absolute atomic E-state index is 11.3. The van der Waals surface area contributed by atoms with Crippen molar-refractivity contribution in [2.24, 2.45) is 0 Å². The SMILES string of the molecule is CCCNC(=O)CCNCc1cccc(C(=O)O)n1. The molecule has 104 valence electrons. The quantitative estimate of drug-likeness (QED) is 0.604. The van der Waals surface area contributed by atoms with Crippen LogP contribution in [0, 0.1) is 0 Å². The summed E-state index contributed by atoms with van der Waals surface area (Å²) in [5.41, 5.74) is 0.675. The van der Waals surface area contributed by atoms with Gasteiger partial charge in [-0.25, -0.2) is 9.78 Å². The Morgan fingerprint density at radius 3 is 2.79 bits per heavy atom. The number of hydrogen-bond acceptors (Lipinski definition) is 4. The van der Waals surface area contributed by atoms with Crippen LogP contribution in [0.15, 0.2) is 18.2 Å². The maximum Gasteiger partial charge on any atom is 0.354 e. The standard InChI is InChI=1S/C13H19N3O3/c1-2-7-15-12(17)6-8-14-9-10-4-3-5-11(16-10)13(18)19/h3-5,14H,2,6-9H2,1H3,(H,15,17)(H,18,19). The highest BCUT2D eigenvalue weighted by molar-refractivity contribution is 5.85. The van der Waals surface area contributed by atoms with Crippen molar-refractivity contribution in [2.75, 3.05) is 13.1 Å². The molecule has 1 aromatic heterocycles. The zero-order chi connectivity index (χ0) is 14.1. The topological polar surface area (TPSA) is 91.3 Å². The van der Waals surface area contributed by atoms with Crippen molar-refractivity contribution in [3.63, 3.8) is 0 Å². The van der Waals surface area contributed by atoms with E-state index in [-0.39, 0.29) is 11.6 Å². The summed E-state index contributed by atoms with van der Waals surface area (Å²) in [7, 11) is 0. The van der Waals surface area contributed by atoms with Crippen molar-refractivity contribution in [3.05, 3.63) is 29.6 Å². The molecule has 0 radical (unpaired) electrons. The third-order valence-electron chi connectivity index (χ3n) is 2.43. The summed E-state index contributed by atoms with van der Waals surface area (Å²) in [5.74, 6) is -1.03. The summed E-state index contributed by atoms with van der Waals surface area (Å²) in [6.45, 7) is 3.68. The van der Waals surface area contributed by atoms with Crippen molar-refractivity contribution < 1.29 is 14.7 Å². The number of carbonyl (C=O) groups excluding carboxylic acids is 1. The molecule has 0 spiro atoms. The van der Waals surface area contributed by atoms with Crippen LogP contribution in [0.4, 0.5) is 0 Å². The average Bonchev–Trinajstić information content (AvgIpc) is 2.41. The van der Waals surface area contributed by atoms with Gasteiger partial charge in [-0.1, -0.05) is 13.0 Å². The highest BCUT2D eigenvalue weighted by Crippen LogP contribution is 1.99. The Labute approximate surface area is 112 Å². The van der Waals surface area contributed by atoms with E-state index in [1.54, 1.807) is 12.1 Å². The van der Waals surface area contributed by atoms with Gasteiger partial charge in [0.2, 0.25) is 5.91 Å². The van der Waals surface area contributed by atoms with E-state index in [1.807, 2.05) is 6.92 Å². The number of carbonyl (C=O) groups is 2. The smallest absolute Gasteiger partial charge is 0.354 e. The zero-order valence-corrected chi connectivity index (χ0v) is 11.0. The van der Waals surface area contributed by atoms with Crippen molar-refractivity contribution in [3.8, 4) is 0 Å². The van der Waals surface area contributed by atoms with Gasteiger partial charge in [-0.3, -0.25) is 4.79 Å². The second kappa shape index (κ2) is 8.20. The number of nitrogens with one attached hydrogen (secondary N) is 2. The van der Waals surface area contributed by atoms with Crippen LogP contribution in [0.25, 0.3) is 0 Å². The summed E-state index contributed by atoms with van der Waals surface area (Å²) in [6.07, 6.45) is 1.32. The minimum atomic E-state index is -1.04. The second-order valence-corrected chi connectivity index (χ2v) is 4.10. The minimum absolute atomic E-state index is 0.0154. The molecule has 0 unspecified atom stereocenters. The van der Waals surface area contributed by atoms with Gasteiger partial charge < -0.3 is 15.7 Å². The monoisotopic (exact) mass is 265 g/mol. The average molecular weight is 265 g/mol. The van der Waals surface area contributed by atoms with E-state index >= 15 is 0 Å². The number of hydrogen-bond donors (Lipinski definition) is 3. The molecule has 0 saturated carbocycles. The normalized spacial score (nSPS) is 10.2. The number of aromatic nitrogens is 1. The first-order valence-electron chi connectivity index (χ1n) is 6.30. The van der Waals surface area contributed by atoms with Crippen LogP contribution in [0.3, 0.4) is 0 Å². The molecule has 19 heavy (non-hydrogen) atoms. The molecule has 6 nitrogen and oxygen atoms in total. The number of rotatable bonds is 8. The van der Waals surface area contributed by atoms with Gasteiger partial charge in [0.1, 0.15) is 5.69 Å². The van der Waals surface area contributed by atoms with E-state index in [2.05, 4.69) is 15.6 Å². The van der Waals surface area contributed by atoms with Gasteiger partial charge in [-0.2, -0.15) is 0 Å². The van der Waals surface area contributed by atoms with Crippen LogP contribution in [0.1, 0.15) is 35.9 Å². The van der Waals surface area contributed by atoms with E-state index in [4.69, 9.17) is 5.11 Å². The lowest BCUT2D eigenvalue weighted by molar-refractivity contribution is -0.120. The Hall–Kier alpha value is -1.95. The first-order chi connectivity index (χ1) is 9.13. The predicted octanol–water partition coefficient (Wildman–Crippen LogP) is 0.786. The van der Waals surface area contributed by atoms with Gasteiger partial charge >= 0.3 is 5.97 Å². The van der Waals surface area contributed by atoms with E-state index in [9.17, 15) is 9.59 Å². The summed E-state index contributed by atoms with van der Waals surface area (Å²) in [4.78, 5) is 26.0. The van der Waals surface area contributed by atoms with Crippen molar-refractivity contribution in [1.29, 1.82) is 0 Å². The lowest BCUT2D eigenvalue weighted by atomic mass is 10.3. The Morgan fingerprint density at radius 2 is 2.11 bits per heavy atom. The van der Waals surface area contributed by atoms with Crippen LogP contribution >= 0.6 is 0 Å². The molecule has 1 aromatic rings. The Kier molecular flexibility index (Phi) is 6.52. The number of nitrogens with zero attached hydrogens (tertiary/aromatic N) is 1. The van der Waals surface area contributed by atoms with Gasteiger partial charge in [0.05, 0.1) is 5.69 Å². The molecule has 0 atom stereocenters. The van der Waals surface area contributed by atoms with Crippen molar-refractivity contribution >= 4 is 11.9 Å². The summed E-state index contributed by atoms with van der Waals surface area (Å²) >= 11 is 0. The Bertz CT molecular complexity index is 435. The molecule has 0 aromatic carbocycles. The predicted molar refractivity (Wildman–Crippen MR) is 70.8 cm³/mol. The molecule has 3 N–H and O–H groups in total. The van der Waals surface area contributed by atoms with Gasteiger partial charge in [-0.15, -0.1) is 0 Å². The Balaban J connectivity index is 2.27. The van der Waals surface area contributed by atoms with E-state index in [0.717, 1.165) is 6.42 Å². The molecule has 0 saturated heterocycles. The van der Waals surface area contributed by atoms with Gasteiger partial charge in [-0.05, 0) is 18.6 Å². The third-order valence-corrected chi connectivity index (χ3v) is 2.43. The summed E-state index contributed by atoms with van der Waals surface area (Å²) in [5, 5.41) is 14.6. The Morgan fingerprint density at radius 1 is 1.32 bits per heavy atom. The molecule has 6 heteroatoms. The van der Waals surface area contributed by atoms with Crippen molar-refractivity contribution in [1.82, 2.24) is 15.6 Å². The van der Waals surface area contributed by atoms with Crippen molar-refractivity contribution in [2.45, 2.75) is 26.3 Å². The molecule has 1 heterocycles. The fraction of sp³-hybridized carbons (Fsp3) is 0.462. The fourth-order valence-corrected chi connectivity index (χ4v) is 1.47. The number of aromatic carboxylic acids is 1. The third kappa shape index (κ3) is 5.96. The molecule has 1 rings (SSSR count). The molecule has 1 amide bonds. The first-order valence-corrected chi connectivity index (χ1v) is 6.30. The van der Waals surface area contributed by atoms with E-state index < -0.39 is 5.97 Å².